The van der Waals surface area contributed by atoms with E-state index < -0.39 is 0 Å². The molecule has 26 heavy (non-hydrogen) atoms. The first-order chi connectivity index (χ1) is 12.7. The average molecular weight is 365 g/mol. The summed E-state index contributed by atoms with van der Waals surface area (Å²) in [6.45, 7) is 1.77. The van der Waals surface area contributed by atoms with Crippen LogP contribution in [0.3, 0.4) is 0 Å². The van der Waals surface area contributed by atoms with Crippen LogP contribution in [-0.2, 0) is 0 Å². The van der Waals surface area contributed by atoms with E-state index in [-0.39, 0.29) is 5.92 Å². The minimum Gasteiger partial charge on any atom is -0.495 e. The first-order valence-corrected chi connectivity index (χ1v) is 9.31. The second kappa shape index (κ2) is 6.81. The molecule has 1 aromatic carbocycles. The molecule has 132 valence electrons. The van der Waals surface area contributed by atoms with E-state index >= 15 is 0 Å². The fourth-order valence-electron chi connectivity index (χ4n) is 3.29. The smallest absolute Gasteiger partial charge is 0.142 e. The minimum atomic E-state index is 0.172. The Morgan fingerprint density at radius 3 is 2.81 bits per heavy atom. The number of fused-ring (bicyclic) bond motifs is 1. The third kappa shape index (κ3) is 2.93. The van der Waals surface area contributed by atoms with Gasteiger partial charge in [0.25, 0.3) is 0 Å². The number of benzene rings is 1. The van der Waals surface area contributed by atoms with Gasteiger partial charge in [-0.25, -0.2) is 0 Å². The van der Waals surface area contributed by atoms with Gasteiger partial charge in [-0.1, -0.05) is 6.07 Å². The summed E-state index contributed by atoms with van der Waals surface area (Å²) < 4.78 is 9.90. The van der Waals surface area contributed by atoms with E-state index in [1.54, 1.807) is 7.11 Å². The standard InChI is InChI=1S/C19H19N5OS/c1-25-17-9-13(2-3-15(17)21)14-8-16-18(22-11-14)19(26-23-16)24-6-4-12(10-20)5-7-24/h2-3,8-9,11-12H,4-7,21H2,1H3. The number of aromatic nitrogens is 2. The number of nitriles is 1. The zero-order valence-electron chi connectivity index (χ0n) is 14.5. The third-order valence-electron chi connectivity index (χ3n) is 4.83. The number of nitrogens with zero attached hydrogens (tertiary/aromatic N) is 4. The Bertz CT molecular complexity index is 985. The largest absolute Gasteiger partial charge is 0.495 e. The van der Waals surface area contributed by atoms with Crippen LogP contribution >= 0.6 is 11.5 Å². The van der Waals surface area contributed by atoms with Crippen LogP contribution in [0.25, 0.3) is 22.2 Å². The Morgan fingerprint density at radius 2 is 2.08 bits per heavy atom. The van der Waals surface area contributed by atoms with Crippen LogP contribution < -0.4 is 15.4 Å². The van der Waals surface area contributed by atoms with Gasteiger partial charge >= 0.3 is 0 Å². The molecule has 0 radical (unpaired) electrons. The molecule has 6 nitrogen and oxygen atoms in total. The Balaban J connectivity index is 1.65. The summed E-state index contributed by atoms with van der Waals surface area (Å²) in [7, 11) is 1.61. The van der Waals surface area contributed by atoms with Crippen molar-refractivity contribution in [3.8, 4) is 22.9 Å². The lowest BCUT2D eigenvalue weighted by Crippen LogP contribution is -2.32. The molecular formula is C19H19N5OS. The van der Waals surface area contributed by atoms with Crippen molar-refractivity contribution in [2.24, 2.45) is 5.92 Å². The fraction of sp³-hybridized carbons (Fsp3) is 0.316. The summed E-state index contributed by atoms with van der Waals surface area (Å²) in [5.41, 5.74) is 10.3. The molecule has 0 saturated carbocycles. The zero-order valence-corrected chi connectivity index (χ0v) is 15.3. The first-order valence-electron chi connectivity index (χ1n) is 8.53. The second-order valence-corrected chi connectivity index (χ2v) is 7.18. The monoisotopic (exact) mass is 365 g/mol. The topological polar surface area (TPSA) is 88.1 Å². The lowest BCUT2D eigenvalue weighted by Gasteiger charge is -2.29. The normalized spacial score (nSPS) is 15.2. The van der Waals surface area contributed by atoms with E-state index in [4.69, 9.17) is 15.7 Å². The van der Waals surface area contributed by atoms with Crippen molar-refractivity contribution in [2.75, 3.05) is 30.8 Å². The Hall–Kier alpha value is -2.85. The molecule has 2 aromatic heterocycles. The lowest BCUT2D eigenvalue weighted by atomic mass is 9.99. The van der Waals surface area contributed by atoms with Gasteiger partial charge in [-0.05, 0) is 48.1 Å². The molecular weight excluding hydrogens is 346 g/mol. The summed E-state index contributed by atoms with van der Waals surface area (Å²) in [5, 5.41) is 10.2. The molecule has 1 aliphatic rings. The maximum atomic E-state index is 9.07. The van der Waals surface area contributed by atoms with E-state index in [0.717, 1.165) is 53.1 Å². The number of anilines is 2. The van der Waals surface area contributed by atoms with Crippen LogP contribution in [0.15, 0.2) is 30.5 Å². The summed E-state index contributed by atoms with van der Waals surface area (Å²) in [6, 6.07) is 10.1. The van der Waals surface area contributed by atoms with Gasteiger partial charge in [-0.3, -0.25) is 4.98 Å². The highest BCUT2D eigenvalue weighted by atomic mass is 32.1. The van der Waals surface area contributed by atoms with Crippen LogP contribution in [0.5, 0.6) is 5.75 Å². The molecule has 2 N–H and O–H groups in total. The summed E-state index contributed by atoms with van der Waals surface area (Å²) >= 11 is 1.48. The van der Waals surface area contributed by atoms with Crippen LogP contribution in [0, 0.1) is 17.2 Å². The van der Waals surface area contributed by atoms with E-state index in [1.807, 2.05) is 24.4 Å². The van der Waals surface area contributed by atoms with Gasteiger partial charge in [0.1, 0.15) is 21.8 Å². The van der Waals surface area contributed by atoms with E-state index in [9.17, 15) is 0 Å². The number of rotatable bonds is 3. The molecule has 0 unspecified atom stereocenters. The van der Waals surface area contributed by atoms with Gasteiger partial charge in [-0.15, -0.1) is 0 Å². The number of piperidine rings is 1. The Morgan fingerprint density at radius 1 is 1.27 bits per heavy atom. The molecule has 1 fully saturated rings. The number of ether oxygens (including phenoxy) is 1. The van der Waals surface area contributed by atoms with E-state index in [2.05, 4.69) is 26.4 Å². The van der Waals surface area contributed by atoms with Crippen molar-refractivity contribution in [2.45, 2.75) is 12.8 Å². The predicted molar refractivity (Wildman–Crippen MR) is 104 cm³/mol. The maximum Gasteiger partial charge on any atom is 0.142 e. The van der Waals surface area contributed by atoms with Gasteiger partial charge in [-0.2, -0.15) is 9.64 Å². The van der Waals surface area contributed by atoms with Crippen LogP contribution in [0.4, 0.5) is 10.7 Å². The van der Waals surface area contributed by atoms with E-state index in [0.29, 0.717) is 11.4 Å². The minimum absolute atomic E-state index is 0.172. The molecule has 0 bridgehead atoms. The quantitative estimate of drug-likeness (QED) is 0.712. The van der Waals surface area contributed by atoms with Crippen molar-refractivity contribution >= 4 is 33.3 Å². The van der Waals surface area contributed by atoms with Crippen molar-refractivity contribution in [1.82, 2.24) is 9.36 Å². The molecule has 7 heteroatoms. The Labute approximate surface area is 156 Å². The highest BCUT2D eigenvalue weighted by Crippen LogP contribution is 2.35. The van der Waals surface area contributed by atoms with Crippen LogP contribution in [0.1, 0.15) is 12.8 Å². The van der Waals surface area contributed by atoms with Crippen LogP contribution in [-0.4, -0.2) is 29.6 Å². The van der Waals surface area contributed by atoms with Gasteiger partial charge in [0.15, 0.2) is 0 Å². The number of hydrogen-bond donors (Lipinski definition) is 1. The number of hydrogen-bond acceptors (Lipinski definition) is 7. The molecule has 3 aromatic rings. The van der Waals surface area contributed by atoms with Gasteiger partial charge in [0.2, 0.25) is 0 Å². The first kappa shape index (κ1) is 16.6. The number of methoxy groups -OCH3 is 1. The number of pyridine rings is 1. The van der Waals surface area contributed by atoms with Crippen molar-refractivity contribution in [1.29, 1.82) is 5.26 Å². The Kier molecular flexibility index (Phi) is 4.35. The number of nitrogens with two attached hydrogens (primary N) is 1. The molecule has 0 spiro atoms. The molecule has 0 atom stereocenters. The maximum absolute atomic E-state index is 9.07. The average Bonchev–Trinajstić information content (AvgIpc) is 3.11. The molecule has 0 aliphatic carbocycles. The molecule has 1 saturated heterocycles. The molecule has 3 heterocycles. The molecule has 0 amide bonds. The van der Waals surface area contributed by atoms with Gasteiger partial charge in [0, 0.05) is 30.8 Å². The van der Waals surface area contributed by atoms with Gasteiger partial charge < -0.3 is 15.4 Å². The van der Waals surface area contributed by atoms with Crippen molar-refractivity contribution < 1.29 is 4.74 Å². The lowest BCUT2D eigenvalue weighted by molar-refractivity contribution is 0.417. The summed E-state index contributed by atoms with van der Waals surface area (Å²) in [5.74, 6) is 0.826. The van der Waals surface area contributed by atoms with Crippen LogP contribution in [0.2, 0.25) is 0 Å². The number of nitrogen functional groups attached to an aromatic ring is 1. The zero-order chi connectivity index (χ0) is 18.1. The van der Waals surface area contributed by atoms with Gasteiger partial charge in [0.05, 0.1) is 18.9 Å². The summed E-state index contributed by atoms with van der Waals surface area (Å²) in [6.07, 6.45) is 3.67. The van der Waals surface area contributed by atoms with Crippen molar-refractivity contribution in [3.63, 3.8) is 0 Å². The van der Waals surface area contributed by atoms with E-state index in [1.165, 1.54) is 11.5 Å². The predicted octanol–water partition coefficient (Wildman–Crippen LogP) is 3.69. The fourth-order valence-corrected chi connectivity index (χ4v) is 4.16. The SMILES string of the molecule is COc1cc(-c2cnc3c(N4CCC(C#N)CC4)snc3c2)ccc1N. The third-order valence-corrected chi connectivity index (χ3v) is 5.74. The second-order valence-electron chi connectivity index (χ2n) is 6.43. The van der Waals surface area contributed by atoms with Crippen molar-refractivity contribution in [3.05, 3.63) is 30.5 Å². The molecule has 4 rings (SSSR count). The summed E-state index contributed by atoms with van der Waals surface area (Å²) in [4.78, 5) is 6.98. The molecule has 1 aliphatic heterocycles. The highest BCUT2D eigenvalue weighted by molar-refractivity contribution is 7.11. The highest BCUT2D eigenvalue weighted by Gasteiger charge is 2.22.